The van der Waals surface area contributed by atoms with Crippen molar-refractivity contribution in [2.45, 2.75) is 25.3 Å². The highest BCUT2D eigenvalue weighted by molar-refractivity contribution is 5.87. The number of carbonyl (C=O) groups is 1. The molecule has 0 bridgehead atoms. The molecule has 1 aliphatic rings. The number of likely N-dealkylation sites (N-methyl/N-ethyl adjacent to an activating group) is 1. The molecule has 1 amide bonds. The molecular formula is C18H20N6O. The van der Waals surface area contributed by atoms with Gasteiger partial charge in [-0.2, -0.15) is 0 Å². The monoisotopic (exact) mass is 336 g/mol. The number of amides is 1. The first-order chi connectivity index (χ1) is 12.2. The van der Waals surface area contributed by atoms with Crippen LogP contribution in [0.3, 0.4) is 0 Å². The summed E-state index contributed by atoms with van der Waals surface area (Å²) < 4.78 is 0. The van der Waals surface area contributed by atoms with Gasteiger partial charge >= 0.3 is 0 Å². The Morgan fingerprint density at radius 3 is 3.12 bits per heavy atom. The second-order valence-corrected chi connectivity index (χ2v) is 6.37. The standard InChI is InChI=1S/C18H20N6O/c1-24(18-16-17(20-10-19-16)21-11-22-18)9-15(25)23-14-8-4-6-12-5-2-3-7-13(12)14/h2-3,5,7,10-11,14H,4,6,8-9H2,1H3,(H,23,25)(H,19,20,21,22)/t14-/m1/s1. The van der Waals surface area contributed by atoms with E-state index in [0.717, 1.165) is 24.8 Å². The van der Waals surface area contributed by atoms with Gasteiger partial charge in [0.1, 0.15) is 11.8 Å². The van der Waals surface area contributed by atoms with Crippen LogP contribution >= 0.6 is 0 Å². The van der Waals surface area contributed by atoms with Gasteiger partial charge in [0.05, 0.1) is 18.9 Å². The van der Waals surface area contributed by atoms with Gasteiger partial charge in [-0.25, -0.2) is 15.0 Å². The fourth-order valence-electron chi connectivity index (χ4n) is 3.48. The normalized spacial score (nSPS) is 16.4. The van der Waals surface area contributed by atoms with Crippen LogP contribution in [0.25, 0.3) is 11.2 Å². The van der Waals surface area contributed by atoms with Crippen molar-refractivity contribution < 1.29 is 4.79 Å². The van der Waals surface area contributed by atoms with E-state index < -0.39 is 0 Å². The molecule has 7 nitrogen and oxygen atoms in total. The van der Waals surface area contributed by atoms with E-state index >= 15 is 0 Å². The summed E-state index contributed by atoms with van der Waals surface area (Å²) in [6, 6.07) is 8.44. The Morgan fingerprint density at radius 1 is 1.32 bits per heavy atom. The molecule has 7 heteroatoms. The van der Waals surface area contributed by atoms with E-state index in [9.17, 15) is 4.79 Å². The van der Waals surface area contributed by atoms with Crippen molar-refractivity contribution in [1.29, 1.82) is 0 Å². The fourth-order valence-corrected chi connectivity index (χ4v) is 3.48. The average molecular weight is 336 g/mol. The molecule has 0 radical (unpaired) electrons. The quantitative estimate of drug-likeness (QED) is 0.761. The zero-order valence-corrected chi connectivity index (χ0v) is 14.1. The Labute approximate surface area is 145 Å². The lowest BCUT2D eigenvalue weighted by Crippen LogP contribution is -2.38. The first kappa shape index (κ1) is 15.6. The summed E-state index contributed by atoms with van der Waals surface area (Å²) in [6.07, 6.45) is 6.20. The molecule has 25 heavy (non-hydrogen) atoms. The summed E-state index contributed by atoms with van der Waals surface area (Å²) in [5, 5.41) is 3.17. The van der Waals surface area contributed by atoms with Gasteiger partial charge in [0.2, 0.25) is 5.91 Å². The van der Waals surface area contributed by atoms with Gasteiger partial charge in [0.25, 0.3) is 0 Å². The minimum Gasteiger partial charge on any atom is -0.348 e. The smallest absolute Gasteiger partial charge is 0.240 e. The first-order valence-electron chi connectivity index (χ1n) is 8.45. The number of fused-ring (bicyclic) bond motifs is 2. The number of nitrogens with zero attached hydrogens (tertiary/aromatic N) is 4. The number of aromatic nitrogens is 4. The van der Waals surface area contributed by atoms with Crippen molar-refractivity contribution >= 4 is 22.9 Å². The molecule has 4 rings (SSSR count). The van der Waals surface area contributed by atoms with Crippen molar-refractivity contribution in [3.05, 3.63) is 48.0 Å². The van der Waals surface area contributed by atoms with Crippen molar-refractivity contribution in [3.63, 3.8) is 0 Å². The third-order valence-corrected chi connectivity index (χ3v) is 4.65. The number of aryl methyl sites for hydroxylation is 1. The second-order valence-electron chi connectivity index (χ2n) is 6.37. The summed E-state index contributed by atoms with van der Waals surface area (Å²) >= 11 is 0. The summed E-state index contributed by atoms with van der Waals surface area (Å²) in [6.45, 7) is 0.226. The molecule has 3 aromatic rings. The van der Waals surface area contributed by atoms with Crippen molar-refractivity contribution in [1.82, 2.24) is 25.3 Å². The fraction of sp³-hybridized carbons (Fsp3) is 0.333. The van der Waals surface area contributed by atoms with Crippen LogP contribution in [0.4, 0.5) is 5.82 Å². The number of benzene rings is 1. The van der Waals surface area contributed by atoms with E-state index in [1.165, 1.54) is 17.5 Å². The van der Waals surface area contributed by atoms with Crippen molar-refractivity contribution in [2.75, 3.05) is 18.5 Å². The predicted octanol–water partition coefficient (Wildman–Crippen LogP) is 1.98. The largest absolute Gasteiger partial charge is 0.348 e. The summed E-state index contributed by atoms with van der Waals surface area (Å²) in [7, 11) is 1.84. The van der Waals surface area contributed by atoms with Gasteiger partial charge in [-0.1, -0.05) is 24.3 Å². The number of aromatic amines is 1. The molecule has 2 heterocycles. The van der Waals surface area contributed by atoms with Gasteiger partial charge in [-0.3, -0.25) is 4.79 Å². The van der Waals surface area contributed by atoms with Crippen LogP contribution in [-0.2, 0) is 11.2 Å². The summed E-state index contributed by atoms with van der Waals surface area (Å²) in [5.41, 5.74) is 3.91. The molecule has 0 saturated carbocycles. The van der Waals surface area contributed by atoms with Gasteiger partial charge in [0, 0.05) is 7.05 Å². The van der Waals surface area contributed by atoms with Gasteiger partial charge in [-0.15, -0.1) is 0 Å². The van der Waals surface area contributed by atoms with Crippen LogP contribution in [0.1, 0.15) is 30.0 Å². The zero-order valence-electron chi connectivity index (χ0n) is 14.1. The van der Waals surface area contributed by atoms with E-state index in [4.69, 9.17) is 0 Å². The Morgan fingerprint density at radius 2 is 2.20 bits per heavy atom. The Balaban J connectivity index is 1.47. The van der Waals surface area contributed by atoms with E-state index in [2.05, 4.69) is 43.5 Å². The number of imidazole rings is 1. The molecule has 0 unspecified atom stereocenters. The lowest BCUT2D eigenvalue weighted by Gasteiger charge is -2.27. The molecular weight excluding hydrogens is 316 g/mol. The number of rotatable bonds is 4. The molecule has 1 atom stereocenters. The van der Waals surface area contributed by atoms with Crippen LogP contribution in [0.5, 0.6) is 0 Å². The molecule has 1 aliphatic carbocycles. The van der Waals surface area contributed by atoms with E-state index in [1.807, 2.05) is 18.0 Å². The lowest BCUT2D eigenvalue weighted by atomic mass is 9.88. The van der Waals surface area contributed by atoms with Gasteiger partial charge in [0.15, 0.2) is 11.5 Å². The highest BCUT2D eigenvalue weighted by Crippen LogP contribution is 2.29. The van der Waals surface area contributed by atoms with Gasteiger partial charge in [-0.05, 0) is 30.4 Å². The highest BCUT2D eigenvalue weighted by atomic mass is 16.2. The average Bonchev–Trinajstić information content (AvgIpc) is 3.10. The maximum absolute atomic E-state index is 12.6. The maximum atomic E-state index is 12.6. The molecule has 0 spiro atoms. The first-order valence-corrected chi connectivity index (χ1v) is 8.45. The minimum atomic E-state index is -0.0181. The second kappa shape index (κ2) is 6.51. The number of hydrogen-bond donors (Lipinski definition) is 2. The number of carbonyl (C=O) groups excluding carboxylic acids is 1. The third-order valence-electron chi connectivity index (χ3n) is 4.65. The molecule has 0 aliphatic heterocycles. The number of anilines is 1. The van der Waals surface area contributed by atoms with Gasteiger partial charge < -0.3 is 15.2 Å². The molecule has 128 valence electrons. The van der Waals surface area contributed by atoms with Crippen LogP contribution in [-0.4, -0.2) is 39.4 Å². The molecule has 2 aromatic heterocycles. The Kier molecular flexibility index (Phi) is 4.05. The minimum absolute atomic E-state index is 0.0181. The predicted molar refractivity (Wildman–Crippen MR) is 95.2 cm³/mol. The topological polar surface area (TPSA) is 86.8 Å². The number of nitrogens with one attached hydrogen (secondary N) is 2. The van der Waals surface area contributed by atoms with Crippen LogP contribution in [0.2, 0.25) is 0 Å². The van der Waals surface area contributed by atoms with Crippen molar-refractivity contribution in [2.24, 2.45) is 0 Å². The summed E-state index contributed by atoms with van der Waals surface area (Å²) in [4.78, 5) is 29.9. The van der Waals surface area contributed by atoms with E-state index in [-0.39, 0.29) is 18.5 Å². The molecule has 2 N–H and O–H groups in total. The summed E-state index contributed by atoms with van der Waals surface area (Å²) in [5.74, 6) is 0.650. The highest BCUT2D eigenvalue weighted by Gasteiger charge is 2.22. The van der Waals surface area contributed by atoms with Crippen LogP contribution in [0.15, 0.2) is 36.9 Å². The molecule has 0 saturated heterocycles. The lowest BCUT2D eigenvalue weighted by molar-refractivity contribution is -0.120. The van der Waals surface area contributed by atoms with E-state index in [0.29, 0.717) is 11.5 Å². The van der Waals surface area contributed by atoms with Crippen LogP contribution < -0.4 is 10.2 Å². The zero-order chi connectivity index (χ0) is 17.2. The number of H-pyrrole nitrogens is 1. The molecule has 1 aromatic carbocycles. The molecule has 0 fully saturated rings. The van der Waals surface area contributed by atoms with Crippen molar-refractivity contribution in [3.8, 4) is 0 Å². The SMILES string of the molecule is CN(CC(=O)N[C@@H]1CCCc2ccccc21)c1ncnc2nc[nH]c12. The maximum Gasteiger partial charge on any atom is 0.240 e. The van der Waals surface area contributed by atoms with Crippen LogP contribution in [0, 0.1) is 0 Å². The Hall–Kier alpha value is -2.96. The number of hydrogen-bond acceptors (Lipinski definition) is 5. The Bertz CT molecular complexity index is 905. The third kappa shape index (κ3) is 3.05. The van der Waals surface area contributed by atoms with E-state index in [1.54, 1.807) is 6.33 Å².